The number of rotatable bonds is 7. The van der Waals surface area contributed by atoms with Gasteiger partial charge in [0.1, 0.15) is 11.5 Å². The lowest BCUT2D eigenvalue weighted by Gasteiger charge is -2.25. The van der Waals surface area contributed by atoms with Crippen LogP contribution in [0.3, 0.4) is 0 Å². The average molecular weight is 473 g/mol. The highest BCUT2D eigenvalue weighted by molar-refractivity contribution is 7.09. The molecule has 2 aromatic carbocycles. The molecule has 0 saturated carbocycles. The van der Waals surface area contributed by atoms with Gasteiger partial charge >= 0.3 is 0 Å². The molecule has 3 heterocycles. The van der Waals surface area contributed by atoms with Gasteiger partial charge < -0.3 is 14.4 Å². The van der Waals surface area contributed by atoms with E-state index in [1.54, 1.807) is 42.6 Å². The van der Waals surface area contributed by atoms with Crippen LogP contribution in [-0.4, -0.2) is 39.0 Å². The van der Waals surface area contributed by atoms with E-state index in [1.807, 2.05) is 56.6 Å². The number of anilines is 2. The fourth-order valence-corrected chi connectivity index (χ4v) is 4.39. The van der Waals surface area contributed by atoms with Gasteiger partial charge in [0.05, 0.1) is 60.6 Å². The van der Waals surface area contributed by atoms with Gasteiger partial charge in [-0.25, -0.2) is 9.97 Å². The summed E-state index contributed by atoms with van der Waals surface area (Å²) in [5, 5.41) is 7.37. The predicted molar refractivity (Wildman–Crippen MR) is 134 cm³/mol. The third-order valence-electron chi connectivity index (χ3n) is 5.47. The zero-order chi connectivity index (χ0) is 23.7. The Bertz CT molecular complexity index is 1440. The highest BCUT2D eigenvalue weighted by Crippen LogP contribution is 2.35. The Labute approximate surface area is 201 Å². The minimum Gasteiger partial charge on any atom is -0.497 e. The molecule has 0 radical (unpaired) electrons. The number of methoxy groups -OCH3 is 2. The van der Waals surface area contributed by atoms with Crippen molar-refractivity contribution >= 4 is 33.7 Å². The first kappa shape index (κ1) is 21.8. The fourth-order valence-electron chi connectivity index (χ4n) is 3.78. The number of hydrogen-bond acceptors (Lipinski definition) is 8. The van der Waals surface area contributed by atoms with Gasteiger partial charge in [-0.15, -0.1) is 11.3 Å². The SMILES string of the molecule is COc1cc(OC)cc(N(Cc2csc(C)n2)c2ccc3ncc(-c4cnn(C)c4)nc3c2)c1. The van der Waals surface area contributed by atoms with Crippen molar-refractivity contribution in [3.05, 3.63) is 71.1 Å². The molecule has 5 aromatic rings. The van der Waals surface area contributed by atoms with Gasteiger partial charge in [-0.1, -0.05) is 0 Å². The summed E-state index contributed by atoms with van der Waals surface area (Å²) in [5.41, 5.74) is 6.21. The topological polar surface area (TPSA) is 78.2 Å². The van der Waals surface area contributed by atoms with E-state index in [1.165, 1.54) is 0 Å². The quantitative estimate of drug-likeness (QED) is 0.324. The second kappa shape index (κ2) is 9.11. The predicted octanol–water partition coefficient (Wildman–Crippen LogP) is 5.15. The number of aromatic nitrogens is 5. The van der Waals surface area contributed by atoms with Crippen LogP contribution in [0, 0.1) is 6.92 Å². The first-order valence-electron chi connectivity index (χ1n) is 10.7. The van der Waals surface area contributed by atoms with Crippen molar-refractivity contribution < 1.29 is 9.47 Å². The summed E-state index contributed by atoms with van der Waals surface area (Å²) in [7, 11) is 5.19. The van der Waals surface area contributed by atoms with E-state index in [9.17, 15) is 0 Å². The molecule has 9 heteroatoms. The Morgan fingerprint density at radius 1 is 0.941 bits per heavy atom. The van der Waals surface area contributed by atoms with Crippen molar-refractivity contribution in [1.82, 2.24) is 24.7 Å². The van der Waals surface area contributed by atoms with Crippen LogP contribution in [-0.2, 0) is 13.6 Å². The summed E-state index contributed by atoms with van der Waals surface area (Å²) >= 11 is 1.64. The molecule has 0 aliphatic carbocycles. The molecule has 0 fully saturated rings. The Balaban J connectivity index is 1.62. The monoisotopic (exact) mass is 472 g/mol. The van der Waals surface area contributed by atoms with E-state index < -0.39 is 0 Å². The molecule has 0 unspecified atom stereocenters. The summed E-state index contributed by atoms with van der Waals surface area (Å²) in [4.78, 5) is 16.3. The maximum Gasteiger partial charge on any atom is 0.124 e. The zero-order valence-corrected chi connectivity index (χ0v) is 20.2. The number of hydrogen-bond donors (Lipinski definition) is 0. The Kier molecular flexibility index (Phi) is 5.85. The summed E-state index contributed by atoms with van der Waals surface area (Å²) in [6, 6.07) is 11.9. The largest absolute Gasteiger partial charge is 0.497 e. The van der Waals surface area contributed by atoms with Crippen LogP contribution in [0.15, 0.2) is 60.4 Å². The van der Waals surface area contributed by atoms with Crippen molar-refractivity contribution in [1.29, 1.82) is 0 Å². The Morgan fingerprint density at radius 3 is 2.38 bits per heavy atom. The van der Waals surface area contributed by atoms with E-state index in [0.29, 0.717) is 18.0 Å². The van der Waals surface area contributed by atoms with Crippen molar-refractivity contribution in [2.24, 2.45) is 7.05 Å². The molecule has 34 heavy (non-hydrogen) atoms. The number of thiazole rings is 1. The van der Waals surface area contributed by atoms with Gasteiger partial charge in [0.15, 0.2) is 0 Å². The number of aryl methyl sites for hydroxylation is 2. The Morgan fingerprint density at radius 2 is 1.74 bits per heavy atom. The van der Waals surface area contributed by atoms with E-state index >= 15 is 0 Å². The molecule has 0 atom stereocenters. The van der Waals surface area contributed by atoms with Gasteiger partial charge in [0, 0.05) is 53.8 Å². The molecule has 0 aliphatic heterocycles. The standard InChI is InChI=1S/C25H24N6O2S/c1-16-28-18(15-34-16)14-31(20-7-21(32-3)10-22(8-20)33-4)19-5-6-23-24(9-19)29-25(12-26-23)17-11-27-30(2)13-17/h5-13,15H,14H2,1-4H3. The molecule has 0 amide bonds. The van der Waals surface area contributed by atoms with Crippen LogP contribution in [0.5, 0.6) is 11.5 Å². The van der Waals surface area contributed by atoms with Crippen molar-refractivity contribution in [2.75, 3.05) is 19.1 Å². The van der Waals surface area contributed by atoms with Gasteiger partial charge in [-0.05, 0) is 25.1 Å². The van der Waals surface area contributed by atoms with Crippen molar-refractivity contribution in [2.45, 2.75) is 13.5 Å². The molecule has 3 aromatic heterocycles. The molecule has 0 saturated heterocycles. The van der Waals surface area contributed by atoms with Crippen LogP contribution < -0.4 is 14.4 Å². The smallest absolute Gasteiger partial charge is 0.124 e. The van der Waals surface area contributed by atoms with Crippen molar-refractivity contribution in [3.63, 3.8) is 0 Å². The lowest BCUT2D eigenvalue weighted by atomic mass is 10.2. The van der Waals surface area contributed by atoms with Gasteiger partial charge in [0.25, 0.3) is 0 Å². The molecule has 0 spiro atoms. The molecule has 8 nitrogen and oxygen atoms in total. The second-order valence-electron chi connectivity index (χ2n) is 7.85. The summed E-state index contributed by atoms with van der Waals surface area (Å²) in [5.74, 6) is 1.43. The second-order valence-corrected chi connectivity index (χ2v) is 8.91. The molecular weight excluding hydrogens is 448 g/mol. The van der Waals surface area contributed by atoms with Crippen LogP contribution in [0.4, 0.5) is 11.4 Å². The Hall–Kier alpha value is -3.98. The summed E-state index contributed by atoms with van der Waals surface area (Å²) in [6.07, 6.45) is 5.50. The number of fused-ring (bicyclic) bond motifs is 1. The number of benzene rings is 2. The normalized spacial score (nSPS) is 11.1. The first-order chi connectivity index (χ1) is 16.5. The minimum atomic E-state index is 0.585. The molecule has 0 bridgehead atoms. The maximum absolute atomic E-state index is 5.52. The zero-order valence-electron chi connectivity index (χ0n) is 19.4. The summed E-state index contributed by atoms with van der Waals surface area (Å²) < 4.78 is 12.8. The van der Waals surface area contributed by atoms with Crippen LogP contribution in [0.2, 0.25) is 0 Å². The fraction of sp³-hybridized carbons (Fsp3) is 0.200. The highest BCUT2D eigenvalue weighted by Gasteiger charge is 2.16. The van der Waals surface area contributed by atoms with E-state index in [2.05, 4.69) is 25.3 Å². The van der Waals surface area contributed by atoms with Gasteiger partial charge in [0.2, 0.25) is 0 Å². The molecular formula is C25H24N6O2S. The van der Waals surface area contributed by atoms with Crippen LogP contribution >= 0.6 is 11.3 Å². The van der Waals surface area contributed by atoms with Crippen LogP contribution in [0.25, 0.3) is 22.3 Å². The maximum atomic E-state index is 5.52. The number of nitrogens with zero attached hydrogens (tertiary/aromatic N) is 6. The molecule has 172 valence electrons. The van der Waals surface area contributed by atoms with E-state index in [-0.39, 0.29) is 0 Å². The average Bonchev–Trinajstić information content (AvgIpc) is 3.49. The summed E-state index contributed by atoms with van der Waals surface area (Å²) in [6.45, 7) is 2.60. The number of ether oxygens (including phenoxy) is 2. The lowest BCUT2D eigenvalue weighted by Crippen LogP contribution is -2.17. The van der Waals surface area contributed by atoms with E-state index in [0.717, 1.165) is 44.4 Å². The lowest BCUT2D eigenvalue weighted by molar-refractivity contribution is 0.394. The molecule has 0 aliphatic rings. The van der Waals surface area contributed by atoms with Crippen LogP contribution in [0.1, 0.15) is 10.7 Å². The highest BCUT2D eigenvalue weighted by atomic mass is 32.1. The molecule has 0 N–H and O–H groups in total. The van der Waals surface area contributed by atoms with Crippen molar-refractivity contribution in [3.8, 4) is 22.8 Å². The van der Waals surface area contributed by atoms with Gasteiger partial charge in [-0.3, -0.25) is 9.67 Å². The first-order valence-corrected chi connectivity index (χ1v) is 11.6. The van der Waals surface area contributed by atoms with E-state index in [4.69, 9.17) is 14.5 Å². The molecule has 5 rings (SSSR count). The van der Waals surface area contributed by atoms with Gasteiger partial charge in [-0.2, -0.15) is 5.10 Å². The minimum absolute atomic E-state index is 0.585. The third-order valence-corrected chi connectivity index (χ3v) is 6.30. The third kappa shape index (κ3) is 4.42.